The van der Waals surface area contributed by atoms with Crippen molar-refractivity contribution in [2.75, 3.05) is 20.3 Å². The third kappa shape index (κ3) is 6.43. The van der Waals surface area contributed by atoms with Crippen molar-refractivity contribution < 1.29 is 23.9 Å². The summed E-state index contributed by atoms with van der Waals surface area (Å²) in [5.41, 5.74) is 3.09. The van der Waals surface area contributed by atoms with E-state index in [9.17, 15) is 14.4 Å². The van der Waals surface area contributed by atoms with E-state index in [-0.39, 0.29) is 0 Å². The van der Waals surface area contributed by atoms with Crippen molar-refractivity contribution in [1.29, 1.82) is 0 Å². The van der Waals surface area contributed by atoms with Crippen molar-refractivity contribution in [1.82, 2.24) is 9.88 Å². The number of nitrogens with zero attached hydrogens (tertiary/aromatic N) is 2. The summed E-state index contributed by atoms with van der Waals surface area (Å²) < 4.78 is 10.8. The zero-order valence-electron chi connectivity index (χ0n) is 20.3. The lowest BCUT2D eigenvalue weighted by Gasteiger charge is -2.33. The molecule has 1 saturated heterocycles. The van der Waals surface area contributed by atoms with Gasteiger partial charge in [-0.1, -0.05) is 6.07 Å². The molecule has 7 heteroatoms. The highest BCUT2D eigenvalue weighted by molar-refractivity contribution is 6.43. The molecule has 0 saturated carbocycles. The number of piperidine rings is 1. The number of ether oxygens (including phenoxy) is 2. The van der Waals surface area contributed by atoms with Crippen LogP contribution in [0.3, 0.4) is 0 Å². The number of hydrogen-bond acceptors (Lipinski definition) is 6. The maximum Gasteiger partial charge on any atom is 0.328 e. The van der Waals surface area contributed by atoms with E-state index < -0.39 is 23.7 Å². The summed E-state index contributed by atoms with van der Waals surface area (Å²) >= 11 is 0. The fourth-order valence-corrected chi connectivity index (χ4v) is 4.50. The van der Waals surface area contributed by atoms with Gasteiger partial charge in [0.1, 0.15) is 11.8 Å². The van der Waals surface area contributed by atoms with Crippen LogP contribution in [0.4, 0.5) is 0 Å². The van der Waals surface area contributed by atoms with E-state index in [1.54, 1.807) is 25.4 Å². The highest BCUT2D eigenvalue weighted by Crippen LogP contribution is 2.26. The normalized spacial score (nSPS) is 15.6. The standard InChI is InChI=1S/C27H34N2O5/c1-19-16-22(17-20(2)25(19)33-3)24(30)26(31)29-14-7-6-12-23(29)27(32)34-15-8-4-5-10-21-11-9-13-28-18-21/h9,11,13,16-18,23H,4-8,10,12,14-15H2,1-3H3. The lowest BCUT2D eigenvalue weighted by molar-refractivity contribution is -0.155. The van der Waals surface area contributed by atoms with Crippen LogP contribution in [0, 0.1) is 13.8 Å². The van der Waals surface area contributed by atoms with Crippen molar-refractivity contribution in [3.63, 3.8) is 0 Å². The average molecular weight is 467 g/mol. The van der Waals surface area contributed by atoms with Crippen molar-refractivity contribution >= 4 is 17.7 Å². The molecular formula is C27H34N2O5. The van der Waals surface area contributed by atoms with Gasteiger partial charge >= 0.3 is 5.97 Å². The molecule has 0 bridgehead atoms. The van der Waals surface area contributed by atoms with Crippen LogP contribution in [-0.4, -0.2) is 53.8 Å². The third-order valence-electron chi connectivity index (χ3n) is 6.23. The minimum absolute atomic E-state index is 0.312. The topological polar surface area (TPSA) is 85.8 Å². The molecule has 2 heterocycles. The molecule has 1 unspecified atom stereocenters. The molecule has 1 aliphatic heterocycles. The quantitative estimate of drug-likeness (QED) is 0.225. The van der Waals surface area contributed by atoms with Gasteiger partial charge < -0.3 is 14.4 Å². The summed E-state index contributed by atoms with van der Waals surface area (Å²) in [7, 11) is 1.58. The first-order valence-electron chi connectivity index (χ1n) is 12.0. The number of hydrogen-bond donors (Lipinski definition) is 0. The van der Waals surface area contributed by atoms with Gasteiger partial charge in [-0.05, 0) is 93.7 Å². The van der Waals surface area contributed by atoms with Gasteiger partial charge in [0, 0.05) is 24.5 Å². The molecule has 0 spiro atoms. The molecule has 1 fully saturated rings. The molecule has 1 aromatic carbocycles. The number of aryl methyl sites for hydroxylation is 3. The van der Waals surface area contributed by atoms with Gasteiger partial charge in [0.05, 0.1) is 13.7 Å². The number of unbranched alkanes of at least 4 members (excludes halogenated alkanes) is 2. The summed E-state index contributed by atoms with van der Waals surface area (Å²) in [5.74, 6) is -0.981. The number of ketones is 1. The molecule has 1 atom stereocenters. The lowest BCUT2D eigenvalue weighted by atomic mass is 9.98. The molecule has 7 nitrogen and oxygen atoms in total. The van der Waals surface area contributed by atoms with Crippen LogP contribution in [0.25, 0.3) is 0 Å². The van der Waals surface area contributed by atoms with E-state index in [0.29, 0.717) is 30.9 Å². The van der Waals surface area contributed by atoms with Gasteiger partial charge in [0.15, 0.2) is 0 Å². The molecule has 0 N–H and O–H groups in total. The maximum absolute atomic E-state index is 13.1. The molecule has 1 amide bonds. The number of rotatable bonds is 10. The molecule has 2 aromatic rings. The summed E-state index contributed by atoms with van der Waals surface area (Å²) in [5, 5.41) is 0. The Kier molecular flexibility index (Phi) is 9.19. The number of likely N-dealkylation sites (tertiary alicyclic amines) is 1. The Hall–Kier alpha value is -3.22. The first-order valence-corrected chi connectivity index (χ1v) is 12.0. The van der Waals surface area contributed by atoms with E-state index >= 15 is 0 Å². The number of pyridine rings is 1. The molecule has 0 aliphatic carbocycles. The summed E-state index contributed by atoms with van der Waals surface area (Å²) in [6, 6.07) is 6.60. The number of carbonyl (C=O) groups is 3. The molecule has 182 valence electrons. The number of benzene rings is 1. The van der Waals surface area contributed by atoms with Gasteiger partial charge in [-0.25, -0.2) is 4.79 Å². The fraction of sp³-hybridized carbons (Fsp3) is 0.481. The Labute approximate surface area is 201 Å². The van der Waals surface area contributed by atoms with E-state index in [4.69, 9.17) is 9.47 Å². The number of esters is 1. The first kappa shape index (κ1) is 25.4. The Morgan fingerprint density at radius 3 is 2.53 bits per heavy atom. The van der Waals surface area contributed by atoms with Crippen LogP contribution >= 0.6 is 0 Å². The third-order valence-corrected chi connectivity index (χ3v) is 6.23. The van der Waals surface area contributed by atoms with Gasteiger partial charge in [0.2, 0.25) is 5.78 Å². The maximum atomic E-state index is 13.1. The monoisotopic (exact) mass is 466 g/mol. The van der Waals surface area contributed by atoms with Crippen LogP contribution < -0.4 is 4.74 Å². The van der Waals surface area contributed by atoms with Gasteiger partial charge in [-0.2, -0.15) is 0 Å². The summed E-state index contributed by atoms with van der Waals surface area (Å²) in [6.45, 7) is 4.37. The number of Topliss-reactive ketones (excluding diaryl/α,β-unsaturated/α-hetero) is 1. The second kappa shape index (κ2) is 12.3. The van der Waals surface area contributed by atoms with Crippen LogP contribution in [0.5, 0.6) is 5.75 Å². The molecule has 3 rings (SSSR count). The highest BCUT2D eigenvalue weighted by Gasteiger charge is 2.36. The minimum Gasteiger partial charge on any atom is -0.496 e. The zero-order valence-corrected chi connectivity index (χ0v) is 20.3. The average Bonchev–Trinajstić information content (AvgIpc) is 2.85. The van der Waals surface area contributed by atoms with Crippen molar-refractivity contribution in [2.24, 2.45) is 0 Å². The van der Waals surface area contributed by atoms with Crippen molar-refractivity contribution in [2.45, 2.75) is 64.8 Å². The lowest BCUT2D eigenvalue weighted by Crippen LogP contribution is -2.51. The first-order chi connectivity index (χ1) is 16.4. The second-order valence-electron chi connectivity index (χ2n) is 8.82. The van der Waals surface area contributed by atoms with Crippen LogP contribution in [0.15, 0.2) is 36.7 Å². The number of amides is 1. The van der Waals surface area contributed by atoms with Crippen LogP contribution in [0.1, 0.15) is 65.6 Å². The van der Waals surface area contributed by atoms with Crippen LogP contribution in [-0.2, 0) is 20.7 Å². The molecule has 1 aromatic heterocycles. The summed E-state index contributed by atoms with van der Waals surface area (Å²) in [4.78, 5) is 44.3. The Balaban J connectivity index is 1.53. The Morgan fingerprint density at radius 1 is 1.09 bits per heavy atom. The number of aromatic nitrogens is 1. The van der Waals surface area contributed by atoms with E-state index in [0.717, 1.165) is 49.7 Å². The van der Waals surface area contributed by atoms with Gasteiger partial charge in [-0.15, -0.1) is 0 Å². The fourth-order valence-electron chi connectivity index (χ4n) is 4.50. The molecule has 0 radical (unpaired) electrons. The molecule has 34 heavy (non-hydrogen) atoms. The Morgan fingerprint density at radius 2 is 1.85 bits per heavy atom. The van der Waals surface area contributed by atoms with E-state index in [2.05, 4.69) is 11.1 Å². The SMILES string of the molecule is COc1c(C)cc(C(=O)C(=O)N2CCCCC2C(=O)OCCCCCc2cccnc2)cc1C. The van der Waals surface area contributed by atoms with Gasteiger partial charge in [-0.3, -0.25) is 14.6 Å². The second-order valence-corrected chi connectivity index (χ2v) is 8.82. The van der Waals surface area contributed by atoms with Crippen molar-refractivity contribution in [3.05, 3.63) is 58.9 Å². The molecular weight excluding hydrogens is 432 g/mol. The number of methoxy groups -OCH3 is 1. The predicted octanol–water partition coefficient (Wildman–Crippen LogP) is 4.23. The number of carbonyl (C=O) groups excluding carboxylic acids is 3. The van der Waals surface area contributed by atoms with Gasteiger partial charge in [0.25, 0.3) is 5.91 Å². The molecule has 1 aliphatic rings. The largest absolute Gasteiger partial charge is 0.496 e. The van der Waals surface area contributed by atoms with Crippen molar-refractivity contribution in [3.8, 4) is 5.75 Å². The predicted molar refractivity (Wildman–Crippen MR) is 129 cm³/mol. The highest BCUT2D eigenvalue weighted by atomic mass is 16.5. The van der Waals surface area contributed by atoms with E-state index in [1.165, 1.54) is 10.5 Å². The van der Waals surface area contributed by atoms with Crippen LogP contribution in [0.2, 0.25) is 0 Å². The Bertz CT molecular complexity index is 982. The zero-order chi connectivity index (χ0) is 24.5. The minimum atomic E-state index is -0.707. The smallest absolute Gasteiger partial charge is 0.328 e. The van der Waals surface area contributed by atoms with E-state index in [1.807, 2.05) is 26.1 Å². The summed E-state index contributed by atoms with van der Waals surface area (Å²) in [6.07, 6.45) is 9.35.